The molecule has 7 nitrogen and oxygen atoms in total. The first-order valence-corrected chi connectivity index (χ1v) is 12.8. The van der Waals surface area contributed by atoms with Crippen molar-refractivity contribution in [2.45, 2.75) is 69.9 Å². The molecule has 5 fully saturated rings. The summed E-state index contributed by atoms with van der Waals surface area (Å²) < 4.78 is 6.15. The van der Waals surface area contributed by atoms with Gasteiger partial charge in [-0.3, -0.25) is 14.7 Å². The zero-order valence-corrected chi connectivity index (χ0v) is 19.4. The number of carbonyl (C=O) groups is 1. The normalized spacial score (nSPS) is 33.8. The lowest BCUT2D eigenvalue weighted by atomic mass is 9.54. The van der Waals surface area contributed by atoms with Gasteiger partial charge in [0.2, 0.25) is 5.91 Å². The summed E-state index contributed by atoms with van der Waals surface area (Å²) in [6.07, 6.45) is 11.8. The van der Waals surface area contributed by atoms with E-state index in [1.807, 2.05) is 7.05 Å². The van der Waals surface area contributed by atoms with E-state index in [2.05, 4.69) is 25.0 Å². The van der Waals surface area contributed by atoms with Crippen LogP contribution in [0.15, 0.2) is 4.99 Å². The molecule has 0 aromatic rings. The zero-order chi connectivity index (χ0) is 21.3. The molecule has 0 radical (unpaired) electrons. The van der Waals surface area contributed by atoms with Crippen molar-refractivity contribution in [1.29, 1.82) is 0 Å². The molecule has 7 heteroatoms. The molecule has 174 valence electrons. The van der Waals surface area contributed by atoms with E-state index < -0.39 is 0 Å². The molecule has 2 aliphatic carbocycles. The molecule has 0 bridgehead atoms. The molecule has 3 unspecified atom stereocenters. The van der Waals surface area contributed by atoms with Gasteiger partial charge in [-0.05, 0) is 32.1 Å². The van der Waals surface area contributed by atoms with E-state index in [-0.39, 0.29) is 0 Å². The average molecular weight is 432 g/mol. The fourth-order valence-corrected chi connectivity index (χ4v) is 7.07. The zero-order valence-electron chi connectivity index (χ0n) is 19.4. The van der Waals surface area contributed by atoms with Gasteiger partial charge < -0.3 is 19.9 Å². The second-order valence-electron chi connectivity index (χ2n) is 10.4. The minimum absolute atomic E-state index is 0.322. The summed E-state index contributed by atoms with van der Waals surface area (Å²) in [6, 6.07) is 0.517. The van der Waals surface area contributed by atoms with Crippen LogP contribution in [0.25, 0.3) is 0 Å². The van der Waals surface area contributed by atoms with Gasteiger partial charge in [0.25, 0.3) is 0 Å². The Balaban J connectivity index is 1.13. The third-order valence-corrected chi connectivity index (χ3v) is 8.77. The van der Waals surface area contributed by atoms with Gasteiger partial charge in [0, 0.05) is 70.3 Å². The predicted octanol–water partition coefficient (Wildman–Crippen LogP) is 1.93. The molecule has 3 aliphatic heterocycles. The van der Waals surface area contributed by atoms with E-state index in [0.29, 0.717) is 35.9 Å². The smallest absolute Gasteiger partial charge is 0.236 e. The molecule has 5 aliphatic rings. The summed E-state index contributed by atoms with van der Waals surface area (Å²) in [7, 11) is 1.92. The van der Waals surface area contributed by atoms with E-state index in [1.54, 1.807) is 0 Å². The van der Waals surface area contributed by atoms with Crippen LogP contribution in [-0.2, 0) is 9.53 Å². The lowest BCUT2D eigenvalue weighted by molar-refractivity contribution is -0.132. The summed E-state index contributed by atoms with van der Waals surface area (Å²) in [5.74, 6) is 2.03. The number of piperazine rings is 1. The molecule has 31 heavy (non-hydrogen) atoms. The average Bonchev–Trinajstić information content (AvgIpc) is 3.38. The molecule has 1 spiro atoms. The molecule has 0 aromatic heterocycles. The number of guanidine groups is 1. The van der Waals surface area contributed by atoms with E-state index in [4.69, 9.17) is 4.74 Å². The topological polar surface area (TPSA) is 60.4 Å². The monoisotopic (exact) mass is 431 g/mol. The number of hydrogen-bond acceptors (Lipinski definition) is 4. The lowest BCUT2D eigenvalue weighted by Crippen LogP contribution is -2.70. The van der Waals surface area contributed by atoms with Gasteiger partial charge >= 0.3 is 0 Å². The van der Waals surface area contributed by atoms with Crippen molar-refractivity contribution in [2.24, 2.45) is 16.3 Å². The minimum Gasteiger partial charge on any atom is -0.377 e. The summed E-state index contributed by atoms with van der Waals surface area (Å²) in [5, 5.41) is 3.89. The van der Waals surface area contributed by atoms with Crippen molar-refractivity contribution in [3.63, 3.8) is 0 Å². The summed E-state index contributed by atoms with van der Waals surface area (Å²) >= 11 is 0. The van der Waals surface area contributed by atoms with Crippen molar-refractivity contribution in [3.8, 4) is 0 Å². The van der Waals surface area contributed by atoms with Crippen molar-refractivity contribution < 1.29 is 9.53 Å². The summed E-state index contributed by atoms with van der Waals surface area (Å²) in [6.45, 7) is 7.16. The molecule has 2 saturated carbocycles. The molecule has 1 amide bonds. The van der Waals surface area contributed by atoms with Gasteiger partial charge in [0.15, 0.2) is 5.96 Å². The first-order valence-electron chi connectivity index (χ1n) is 12.8. The van der Waals surface area contributed by atoms with Crippen LogP contribution in [0.4, 0.5) is 0 Å². The van der Waals surface area contributed by atoms with Gasteiger partial charge in [0.1, 0.15) is 0 Å². The van der Waals surface area contributed by atoms with Crippen LogP contribution in [0.2, 0.25) is 0 Å². The Labute approximate surface area is 187 Å². The number of amides is 1. The maximum atomic E-state index is 12.8. The Hall–Kier alpha value is -1.34. The van der Waals surface area contributed by atoms with Crippen LogP contribution in [0.3, 0.4) is 0 Å². The highest BCUT2D eigenvalue weighted by Crippen LogP contribution is 2.60. The number of rotatable bonds is 3. The quantitative estimate of drug-likeness (QED) is 0.547. The highest BCUT2D eigenvalue weighted by Gasteiger charge is 2.65. The number of ether oxygens (including phenoxy) is 1. The molecular formula is C24H41N5O2. The Bertz CT molecular complexity index is 661. The molecule has 0 aromatic carbocycles. The second kappa shape index (κ2) is 9.26. The Morgan fingerprint density at radius 3 is 2.35 bits per heavy atom. The maximum absolute atomic E-state index is 12.8. The number of carbonyl (C=O) groups excluding carboxylic acids is 1. The van der Waals surface area contributed by atoms with Crippen LogP contribution in [0.5, 0.6) is 0 Å². The van der Waals surface area contributed by atoms with E-state index in [1.165, 1.54) is 44.9 Å². The highest BCUT2D eigenvalue weighted by atomic mass is 16.5. The fraction of sp³-hybridized carbons (Fsp3) is 0.917. The summed E-state index contributed by atoms with van der Waals surface area (Å²) in [4.78, 5) is 24.3. The van der Waals surface area contributed by atoms with Crippen LogP contribution < -0.4 is 5.32 Å². The molecular weight excluding hydrogens is 390 g/mol. The third-order valence-electron chi connectivity index (χ3n) is 8.77. The predicted molar refractivity (Wildman–Crippen MR) is 122 cm³/mol. The van der Waals surface area contributed by atoms with Crippen LogP contribution in [0, 0.1) is 11.3 Å². The SMILES string of the molecule is CN=C(NC1C2CCOC2C12CCCC2)N1CCN(CC(=O)N2CCCCCC2)CC1. The number of nitrogens with zero attached hydrogens (tertiary/aromatic N) is 4. The lowest BCUT2D eigenvalue weighted by Gasteiger charge is -2.57. The Morgan fingerprint density at radius 1 is 0.968 bits per heavy atom. The summed E-state index contributed by atoms with van der Waals surface area (Å²) in [5.41, 5.74) is 0.346. The fourth-order valence-electron chi connectivity index (χ4n) is 7.07. The van der Waals surface area contributed by atoms with E-state index in [9.17, 15) is 4.79 Å². The molecule has 3 heterocycles. The Morgan fingerprint density at radius 2 is 1.68 bits per heavy atom. The number of nitrogens with one attached hydrogen (secondary N) is 1. The number of hydrogen-bond donors (Lipinski definition) is 1. The number of fused-ring (bicyclic) bond motifs is 2. The van der Waals surface area contributed by atoms with Crippen molar-refractivity contribution >= 4 is 11.9 Å². The van der Waals surface area contributed by atoms with Crippen molar-refractivity contribution in [1.82, 2.24) is 20.0 Å². The molecule has 3 saturated heterocycles. The highest BCUT2D eigenvalue weighted by molar-refractivity contribution is 5.81. The van der Waals surface area contributed by atoms with Crippen LogP contribution in [0.1, 0.15) is 57.8 Å². The van der Waals surface area contributed by atoms with E-state index in [0.717, 1.165) is 64.7 Å². The number of aliphatic imine (C=N–C) groups is 1. The van der Waals surface area contributed by atoms with Gasteiger partial charge in [-0.1, -0.05) is 25.7 Å². The minimum atomic E-state index is 0.322. The Kier molecular flexibility index (Phi) is 6.42. The van der Waals surface area contributed by atoms with Gasteiger partial charge in [-0.2, -0.15) is 0 Å². The van der Waals surface area contributed by atoms with Gasteiger partial charge in [-0.25, -0.2) is 0 Å². The van der Waals surface area contributed by atoms with E-state index >= 15 is 0 Å². The maximum Gasteiger partial charge on any atom is 0.236 e. The molecule has 3 atom stereocenters. The van der Waals surface area contributed by atoms with Crippen molar-refractivity contribution in [2.75, 3.05) is 59.5 Å². The standard InChI is InChI=1S/C24H41N5O2/c1-25-23(26-21-19-8-17-31-22(19)24(21)9-4-5-10-24)29-15-13-27(14-16-29)18-20(30)28-11-6-2-3-7-12-28/h19,21-22H,2-18H2,1H3,(H,25,26). The molecule has 1 N–H and O–H groups in total. The van der Waals surface area contributed by atoms with Crippen LogP contribution >= 0.6 is 0 Å². The second-order valence-corrected chi connectivity index (χ2v) is 10.4. The van der Waals surface area contributed by atoms with Gasteiger partial charge in [-0.15, -0.1) is 0 Å². The third kappa shape index (κ3) is 4.08. The largest absolute Gasteiger partial charge is 0.377 e. The molecule has 5 rings (SSSR count). The first-order chi connectivity index (χ1) is 15.2. The first kappa shape index (κ1) is 21.5. The van der Waals surface area contributed by atoms with Crippen molar-refractivity contribution in [3.05, 3.63) is 0 Å². The van der Waals surface area contributed by atoms with Crippen LogP contribution in [-0.4, -0.2) is 98.2 Å². The van der Waals surface area contributed by atoms with Gasteiger partial charge in [0.05, 0.1) is 12.6 Å². The number of likely N-dealkylation sites (tertiary alicyclic amines) is 1.